The first kappa shape index (κ1) is 17.9. The zero-order chi connectivity index (χ0) is 17.7. The molecule has 0 radical (unpaired) electrons. The number of furan rings is 1. The molecule has 0 atom stereocenters. The number of benzene rings is 1. The van der Waals surface area contributed by atoms with Crippen molar-refractivity contribution in [1.82, 2.24) is 0 Å². The maximum atomic E-state index is 11.7. The summed E-state index contributed by atoms with van der Waals surface area (Å²) in [4.78, 5) is 23.2. The lowest BCUT2D eigenvalue weighted by Crippen LogP contribution is -2.15. The molecule has 128 valence electrons. The number of methoxy groups -OCH3 is 1. The number of hydrogen-bond donors (Lipinski definition) is 0. The van der Waals surface area contributed by atoms with Gasteiger partial charge in [-0.15, -0.1) is 0 Å². The van der Waals surface area contributed by atoms with E-state index < -0.39 is 11.9 Å². The lowest BCUT2D eigenvalue weighted by molar-refractivity contribution is -0.147. The first-order chi connectivity index (χ1) is 11.4. The Balaban J connectivity index is 1.86. The standard InChI is InChI=1S/C17H17ClO6/c1-10-6-12(18)4-5-15(10)22-9-16(19)23-8-13-7-14(11(2)24-13)17(20)21-3/h4-7H,8-9H2,1-3H3. The normalized spacial score (nSPS) is 10.3. The molecule has 2 aromatic rings. The minimum absolute atomic E-state index is 0.0976. The van der Waals surface area contributed by atoms with Gasteiger partial charge in [0.25, 0.3) is 0 Å². The molecule has 0 N–H and O–H groups in total. The SMILES string of the molecule is COC(=O)c1cc(COC(=O)COc2ccc(Cl)cc2C)oc1C. The summed E-state index contributed by atoms with van der Waals surface area (Å²) in [6.07, 6.45) is 0. The third-order valence-corrected chi connectivity index (χ3v) is 3.47. The van der Waals surface area contributed by atoms with E-state index in [-0.39, 0.29) is 13.2 Å². The minimum Gasteiger partial charge on any atom is -0.482 e. The fraction of sp³-hybridized carbons (Fsp3) is 0.294. The van der Waals surface area contributed by atoms with Gasteiger partial charge in [0.1, 0.15) is 29.4 Å². The molecular formula is C17H17ClO6. The zero-order valence-electron chi connectivity index (χ0n) is 13.6. The summed E-state index contributed by atoms with van der Waals surface area (Å²) in [6.45, 7) is 3.11. The van der Waals surface area contributed by atoms with E-state index in [1.54, 1.807) is 25.1 Å². The van der Waals surface area contributed by atoms with Crippen LogP contribution in [0.4, 0.5) is 0 Å². The lowest BCUT2D eigenvalue weighted by Gasteiger charge is -2.08. The third-order valence-electron chi connectivity index (χ3n) is 3.23. The van der Waals surface area contributed by atoms with Crippen molar-refractivity contribution in [2.75, 3.05) is 13.7 Å². The molecule has 0 aliphatic rings. The predicted octanol–water partition coefficient (Wildman–Crippen LogP) is 3.46. The highest BCUT2D eigenvalue weighted by Gasteiger charge is 2.16. The van der Waals surface area contributed by atoms with Crippen molar-refractivity contribution in [3.63, 3.8) is 0 Å². The van der Waals surface area contributed by atoms with Gasteiger partial charge in [-0.05, 0) is 43.7 Å². The van der Waals surface area contributed by atoms with Gasteiger partial charge in [-0.2, -0.15) is 0 Å². The Kier molecular flexibility index (Phi) is 5.87. The first-order valence-electron chi connectivity index (χ1n) is 7.13. The van der Waals surface area contributed by atoms with Crippen LogP contribution in [0.25, 0.3) is 0 Å². The molecule has 0 bridgehead atoms. The van der Waals surface area contributed by atoms with E-state index in [1.165, 1.54) is 13.2 Å². The van der Waals surface area contributed by atoms with E-state index in [2.05, 4.69) is 4.74 Å². The van der Waals surface area contributed by atoms with Crippen molar-refractivity contribution in [2.45, 2.75) is 20.5 Å². The predicted molar refractivity (Wildman–Crippen MR) is 86.3 cm³/mol. The second-order valence-electron chi connectivity index (χ2n) is 5.03. The number of rotatable bonds is 6. The van der Waals surface area contributed by atoms with Crippen molar-refractivity contribution in [3.05, 3.63) is 51.9 Å². The van der Waals surface area contributed by atoms with Crippen molar-refractivity contribution < 1.29 is 28.2 Å². The van der Waals surface area contributed by atoms with Crippen LogP contribution >= 0.6 is 11.6 Å². The number of aryl methyl sites for hydroxylation is 2. The fourth-order valence-electron chi connectivity index (χ4n) is 2.03. The molecule has 2 rings (SSSR count). The van der Waals surface area contributed by atoms with E-state index in [1.807, 2.05) is 6.92 Å². The highest BCUT2D eigenvalue weighted by molar-refractivity contribution is 6.30. The van der Waals surface area contributed by atoms with Crippen molar-refractivity contribution in [3.8, 4) is 5.75 Å². The van der Waals surface area contributed by atoms with E-state index in [4.69, 9.17) is 25.5 Å². The maximum absolute atomic E-state index is 11.7. The molecule has 0 amide bonds. The quantitative estimate of drug-likeness (QED) is 0.741. The number of esters is 2. The molecule has 0 saturated carbocycles. The Morgan fingerprint density at radius 1 is 1.21 bits per heavy atom. The zero-order valence-corrected chi connectivity index (χ0v) is 14.3. The summed E-state index contributed by atoms with van der Waals surface area (Å²) in [6, 6.07) is 6.58. The molecular weight excluding hydrogens is 336 g/mol. The van der Waals surface area contributed by atoms with Gasteiger partial charge in [-0.25, -0.2) is 9.59 Å². The topological polar surface area (TPSA) is 75.0 Å². The average Bonchev–Trinajstić information content (AvgIpc) is 2.92. The Morgan fingerprint density at radius 3 is 2.62 bits per heavy atom. The molecule has 0 spiro atoms. The van der Waals surface area contributed by atoms with Crippen LogP contribution in [0.3, 0.4) is 0 Å². The molecule has 0 aliphatic heterocycles. The van der Waals surface area contributed by atoms with Crippen molar-refractivity contribution in [1.29, 1.82) is 0 Å². The van der Waals surface area contributed by atoms with Gasteiger partial charge in [0.15, 0.2) is 6.61 Å². The summed E-state index contributed by atoms with van der Waals surface area (Å²) in [5.74, 6) is 0.247. The molecule has 1 heterocycles. The molecule has 0 fully saturated rings. The largest absolute Gasteiger partial charge is 0.482 e. The molecule has 24 heavy (non-hydrogen) atoms. The van der Waals surface area contributed by atoms with E-state index in [9.17, 15) is 9.59 Å². The second-order valence-corrected chi connectivity index (χ2v) is 5.47. The Morgan fingerprint density at radius 2 is 1.96 bits per heavy atom. The summed E-state index contributed by atoms with van der Waals surface area (Å²) in [5, 5.41) is 0.594. The second kappa shape index (κ2) is 7.88. The van der Waals surface area contributed by atoms with Crippen molar-refractivity contribution in [2.24, 2.45) is 0 Å². The molecule has 1 aromatic carbocycles. The van der Waals surface area contributed by atoms with Crippen molar-refractivity contribution >= 4 is 23.5 Å². The van der Waals surface area contributed by atoms with Gasteiger partial charge in [0, 0.05) is 5.02 Å². The van der Waals surface area contributed by atoms with Gasteiger partial charge in [0.2, 0.25) is 0 Å². The highest BCUT2D eigenvalue weighted by Crippen LogP contribution is 2.22. The summed E-state index contributed by atoms with van der Waals surface area (Å²) >= 11 is 5.85. The van der Waals surface area contributed by atoms with Crippen LogP contribution < -0.4 is 4.74 Å². The van der Waals surface area contributed by atoms with Crippen LogP contribution in [0.5, 0.6) is 5.75 Å². The van der Waals surface area contributed by atoms with Crippen LogP contribution in [0.1, 0.15) is 27.4 Å². The van der Waals surface area contributed by atoms with Gasteiger partial charge in [-0.1, -0.05) is 11.6 Å². The Labute approximate surface area is 144 Å². The molecule has 6 nitrogen and oxygen atoms in total. The van der Waals surface area contributed by atoms with Crippen LogP contribution in [0.2, 0.25) is 5.02 Å². The average molecular weight is 353 g/mol. The van der Waals surface area contributed by atoms with Gasteiger partial charge < -0.3 is 18.6 Å². The fourth-order valence-corrected chi connectivity index (χ4v) is 2.26. The molecule has 1 aromatic heterocycles. The highest BCUT2D eigenvalue weighted by atomic mass is 35.5. The molecule has 0 saturated heterocycles. The van der Waals surface area contributed by atoms with Crippen LogP contribution in [-0.4, -0.2) is 25.7 Å². The number of carbonyl (C=O) groups is 2. The number of hydrogen-bond acceptors (Lipinski definition) is 6. The van der Waals surface area contributed by atoms with Gasteiger partial charge in [-0.3, -0.25) is 0 Å². The number of halogens is 1. The number of carbonyl (C=O) groups excluding carboxylic acids is 2. The lowest BCUT2D eigenvalue weighted by atomic mass is 10.2. The maximum Gasteiger partial charge on any atom is 0.344 e. The Bertz CT molecular complexity index is 750. The van der Waals surface area contributed by atoms with Crippen LogP contribution in [0, 0.1) is 13.8 Å². The Hall–Kier alpha value is -2.47. The minimum atomic E-state index is -0.557. The molecule has 7 heteroatoms. The first-order valence-corrected chi connectivity index (χ1v) is 7.50. The van der Waals surface area contributed by atoms with Crippen LogP contribution in [0.15, 0.2) is 28.7 Å². The van der Waals surface area contributed by atoms with E-state index >= 15 is 0 Å². The van der Waals surface area contributed by atoms with E-state index in [0.29, 0.717) is 27.9 Å². The van der Waals surface area contributed by atoms with E-state index in [0.717, 1.165) is 5.56 Å². The van der Waals surface area contributed by atoms with Gasteiger partial charge >= 0.3 is 11.9 Å². The third kappa shape index (κ3) is 4.52. The molecule has 0 unspecified atom stereocenters. The summed E-state index contributed by atoms with van der Waals surface area (Å²) in [5.41, 5.74) is 1.12. The summed E-state index contributed by atoms with van der Waals surface area (Å²) in [7, 11) is 1.28. The summed E-state index contributed by atoms with van der Waals surface area (Å²) < 4.78 is 20.4. The van der Waals surface area contributed by atoms with Crippen LogP contribution in [-0.2, 0) is 20.9 Å². The van der Waals surface area contributed by atoms with Gasteiger partial charge in [0.05, 0.1) is 7.11 Å². The smallest absolute Gasteiger partial charge is 0.344 e. The monoisotopic (exact) mass is 352 g/mol. The number of ether oxygens (including phenoxy) is 3. The molecule has 0 aliphatic carbocycles.